The monoisotopic (exact) mass is 190 g/mol. The molecule has 1 aromatic heterocycles. The Bertz CT molecular complexity index is 261. The van der Waals surface area contributed by atoms with E-state index in [1.165, 1.54) is 17.5 Å². The maximum absolute atomic E-state index is 11.1. The van der Waals surface area contributed by atoms with E-state index in [-0.39, 0.29) is 5.78 Å². The summed E-state index contributed by atoms with van der Waals surface area (Å²) in [7, 11) is 0. The van der Waals surface area contributed by atoms with Gasteiger partial charge in [0, 0.05) is 6.42 Å². The van der Waals surface area contributed by atoms with E-state index in [1.54, 1.807) is 0 Å². The average molecular weight is 191 g/mol. The number of halogens is 1. The largest absolute Gasteiger partial charge is 0.330 e. The second-order valence-electron chi connectivity index (χ2n) is 1.94. The summed E-state index contributed by atoms with van der Waals surface area (Å²) in [6, 6.07) is 0. The van der Waals surface area contributed by atoms with Gasteiger partial charge in [0.05, 0.1) is 11.1 Å². The quantitative estimate of drug-likeness (QED) is 0.732. The number of ketones is 1. The van der Waals surface area contributed by atoms with Crippen molar-refractivity contribution in [3.8, 4) is 0 Å². The Labute approximate surface area is 73.2 Å². The zero-order valence-electron chi connectivity index (χ0n) is 5.71. The van der Waals surface area contributed by atoms with Crippen molar-refractivity contribution in [2.45, 2.75) is 6.42 Å². The third-order valence-corrected chi connectivity index (χ3v) is 2.28. The van der Waals surface area contributed by atoms with Crippen LogP contribution in [0.1, 0.15) is 16.1 Å². The van der Waals surface area contributed by atoms with Gasteiger partial charge in [-0.15, -0.1) is 0 Å². The molecule has 0 saturated heterocycles. The summed E-state index contributed by atoms with van der Waals surface area (Å²) in [5.41, 5.74) is 5.20. The third kappa shape index (κ3) is 2.25. The lowest BCUT2D eigenvalue weighted by Gasteiger charge is -1.90. The molecule has 0 atom stereocenters. The van der Waals surface area contributed by atoms with Crippen molar-refractivity contribution in [3.05, 3.63) is 15.5 Å². The standard InChI is InChI=1S/C6H7ClN2OS/c7-6-9-3-5(11-6)4(10)1-2-8/h3H,1-2,8H2. The van der Waals surface area contributed by atoms with Gasteiger partial charge in [-0.3, -0.25) is 4.79 Å². The van der Waals surface area contributed by atoms with E-state index in [2.05, 4.69) is 4.98 Å². The van der Waals surface area contributed by atoms with Crippen LogP contribution in [-0.4, -0.2) is 17.3 Å². The van der Waals surface area contributed by atoms with Crippen LogP contribution in [0.2, 0.25) is 4.47 Å². The van der Waals surface area contributed by atoms with Crippen molar-refractivity contribution in [2.24, 2.45) is 5.73 Å². The summed E-state index contributed by atoms with van der Waals surface area (Å²) in [4.78, 5) is 15.4. The number of nitrogens with two attached hydrogens (primary N) is 1. The molecule has 0 aliphatic rings. The molecule has 0 aliphatic heterocycles. The van der Waals surface area contributed by atoms with Gasteiger partial charge >= 0.3 is 0 Å². The lowest BCUT2D eigenvalue weighted by atomic mass is 10.2. The fourth-order valence-electron chi connectivity index (χ4n) is 0.636. The zero-order chi connectivity index (χ0) is 8.27. The predicted molar refractivity (Wildman–Crippen MR) is 45.1 cm³/mol. The molecule has 0 aliphatic carbocycles. The van der Waals surface area contributed by atoms with E-state index >= 15 is 0 Å². The van der Waals surface area contributed by atoms with Crippen LogP contribution >= 0.6 is 22.9 Å². The molecule has 5 heteroatoms. The van der Waals surface area contributed by atoms with Gasteiger partial charge in [0.15, 0.2) is 10.3 Å². The van der Waals surface area contributed by atoms with Crippen LogP contribution in [0.15, 0.2) is 6.20 Å². The van der Waals surface area contributed by atoms with Crippen LogP contribution in [0.25, 0.3) is 0 Å². The molecule has 60 valence electrons. The van der Waals surface area contributed by atoms with Crippen LogP contribution < -0.4 is 5.73 Å². The minimum Gasteiger partial charge on any atom is -0.330 e. The van der Waals surface area contributed by atoms with Gasteiger partial charge in [-0.1, -0.05) is 22.9 Å². The Morgan fingerprint density at radius 2 is 2.55 bits per heavy atom. The first kappa shape index (κ1) is 8.64. The van der Waals surface area contributed by atoms with Crippen molar-refractivity contribution >= 4 is 28.7 Å². The van der Waals surface area contributed by atoms with Gasteiger partial charge < -0.3 is 5.73 Å². The van der Waals surface area contributed by atoms with E-state index in [0.717, 1.165) is 0 Å². The number of nitrogens with zero attached hydrogens (tertiary/aromatic N) is 1. The van der Waals surface area contributed by atoms with Gasteiger partial charge in [-0.25, -0.2) is 4.98 Å². The summed E-state index contributed by atoms with van der Waals surface area (Å²) in [6.07, 6.45) is 1.84. The molecule has 11 heavy (non-hydrogen) atoms. The smallest absolute Gasteiger partial charge is 0.184 e. The summed E-state index contributed by atoms with van der Waals surface area (Å²) in [5, 5.41) is 0. The lowest BCUT2D eigenvalue weighted by Crippen LogP contribution is -2.06. The average Bonchev–Trinajstić information content (AvgIpc) is 2.36. The Morgan fingerprint density at radius 3 is 3.00 bits per heavy atom. The van der Waals surface area contributed by atoms with Crippen molar-refractivity contribution in [3.63, 3.8) is 0 Å². The molecule has 0 fully saturated rings. The van der Waals surface area contributed by atoms with E-state index in [4.69, 9.17) is 17.3 Å². The number of rotatable bonds is 3. The van der Waals surface area contributed by atoms with E-state index in [0.29, 0.717) is 22.3 Å². The Hall–Kier alpha value is -0.450. The zero-order valence-corrected chi connectivity index (χ0v) is 7.28. The highest BCUT2D eigenvalue weighted by molar-refractivity contribution is 7.17. The minimum absolute atomic E-state index is 0.0110. The van der Waals surface area contributed by atoms with Crippen LogP contribution in [-0.2, 0) is 0 Å². The number of aromatic nitrogens is 1. The molecular weight excluding hydrogens is 184 g/mol. The molecule has 0 aromatic carbocycles. The molecule has 0 amide bonds. The van der Waals surface area contributed by atoms with Crippen molar-refractivity contribution in [1.29, 1.82) is 0 Å². The van der Waals surface area contributed by atoms with Crippen molar-refractivity contribution in [2.75, 3.05) is 6.54 Å². The van der Waals surface area contributed by atoms with Gasteiger partial charge in [0.25, 0.3) is 0 Å². The third-order valence-electron chi connectivity index (χ3n) is 1.12. The first-order chi connectivity index (χ1) is 5.24. The second-order valence-corrected chi connectivity index (χ2v) is 3.55. The maximum Gasteiger partial charge on any atom is 0.184 e. The number of hydrogen-bond acceptors (Lipinski definition) is 4. The fourth-order valence-corrected chi connectivity index (χ4v) is 1.54. The van der Waals surface area contributed by atoms with Crippen molar-refractivity contribution in [1.82, 2.24) is 4.98 Å². The van der Waals surface area contributed by atoms with Crippen LogP contribution in [0.3, 0.4) is 0 Å². The highest BCUT2D eigenvalue weighted by Crippen LogP contribution is 2.18. The molecule has 0 unspecified atom stereocenters. The highest BCUT2D eigenvalue weighted by Gasteiger charge is 2.07. The van der Waals surface area contributed by atoms with Crippen LogP contribution in [0, 0.1) is 0 Å². The van der Waals surface area contributed by atoms with Crippen LogP contribution in [0.5, 0.6) is 0 Å². The molecule has 2 N–H and O–H groups in total. The highest BCUT2D eigenvalue weighted by atomic mass is 35.5. The normalized spacial score (nSPS) is 10.0. The number of carbonyl (C=O) groups is 1. The number of hydrogen-bond donors (Lipinski definition) is 1. The first-order valence-electron chi connectivity index (χ1n) is 3.08. The fraction of sp³-hybridized carbons (Fsp3) is 0.333. The van der Waals surface area contributed by atoms with Gasteiger partial charge in [-0.2, -0.15) is 0 Å². The molecular formula is C6H7ClN2OS. The molecule has 1 heterocycles. The maximum atomic E-state index is 11.1. The summed E-state index contributed by atoms with van der Waals surface area (Å²) in [6.45, 7) is 0.369. The summed E-state index contributed by atoms with van der Waals surface area (Å²) >= 11 is 6.71. The molecule has 3 nitrogen and oxygen atoms in total. The van der Waals surface area contributed by atoms with Gasteiger partial charge in [0.2, 0.25) is 0 Å². The van der Waals surface area contributed by atoms with E-state index in [9.17, 15) is 4.79 Å². The van der Waals surface area contributed by atoms with Gasteiger partial charge in [-0.05, 0) is 6.54 Å². The number of carbonyl (C=O) groups excluding carboxylic acids is 1. The molecule has 0 spiro atoms. The number of Topliss-reactive ketones (excluding diaryl/α,β-unsaturated/α-hetero) is 1. The summed E-state index contributed by atoms with van der Waals surface area (Å²) in [5.74, 6) is 0.0110. The van der Waals surface area contributed by atoms with Crippen LogP contribution in [0.4, 0.5) is 0 Å². The Kier molecular flexibility index (Phi) is 2.99. The SMILES string of the molecule is NCCC(=O)c1cnc(Cl)s1. The molecule has 1 aromatic rings. The summed E-state index contributed by atoms with van der Waals surface area (Å²) < 4.78 is 0.394. The second kappa shape index (κ2) is 3.80. The molecule has 1 rings (SSSR count). The number of thiazole rings is 1. The molecule has 0 saturated carbocycles. The Morgan fingerprint density at radius 1 is 1.82 bits per heavy atom. The van der Waals surface area contributed by atoms with Gasteiger partial charge in [0.1, 0.15) is 0 Å². The minimum atomic E-state index is 0.0110. The molecule has 0 radical (unpaired) electrons. The lowest BCUT2D eigenvalue weighted by molar-refractivity contribution is 0.0989. The van der Waals surface area contributed by atoms with E-state index in [1.807, 2.05) is 0 Å². The van der Waals surface area contributed by atoms with E-state index < -0.39 is 0 Å². The Balaban J connectivity index is 2.69. The topological polar surface area (TPSA) is 56.0 Å². The first-order valence-corrected chi connectivity index (χ1v) is 4.28. The van der Waals surface area contributed by atoms with Crippen molar-refractivity contribution < 1.29 is 4.79 Å². The molecule has 0 bridgehead atoms. The predicted octanol–water partition coefficient (Wildman–Crippen LogP) is 1.33.